The number of nitrogens with one attached hydrogen (secondary N) is 1. The van der Waals surface area contributed by atoms with Crippen LogP contribution >= 0.6 is 0 Å². The van der Waals surface area contributed by atoms with Crippen molar-refractivity contribution >= 4 is 5.91 Å². The van der Waals surface area contributed by atoms with E-state index >= 15 is 0 Å². The summed E-state index contributed by atoms with van der Waals surface area (Å²) in [6, 6.07) is 13.7. The summed E-state index contributed by atoms with van der Waals surface area (Å²) in [5.74, 6) is -0.113. The van der Waals surface area contributed by atoms with Gasteiger partial charge in [-0.2, -0.15) is 5.26 Å². The molecule has 2 rings (SSSR count). The lowest BCUT2D eigenvalue weighted by Gasteiger charge is -2.07. The topological polar surface area (TPSA) is 73.1 Å². The molecule has 100 valence electrons. The predicted molar refractivity (Wildman–Crippen MR) is 76.3 cm³/mol. The van der Waals surface area contributed by atoms with Crippen LogP contribution in [0.5, 0.6) is 5.75 Å². The van der Waals surface area contributed by atoms with Crippen LogP contribution < -0.4 is 5.32 Å². The van der Waals surface area contributed by atoms with Crippen LogP contribution in [0.2, 0.25) is 0 Å². The van der Waals surface area contributed by atoms with Crippen molar-refractivity contribution in [1.82, 2.24) is 5.32 Å². The Kier molecular flexibility index (Phi) is 4.02. The van der Waals surface area contributed by atoms with Crippen LogP contribution in [0.1, 0.15) is 22.8 Å². The van der Waals surface area contributed by atoms with Crippen LogP contribution in [0.15, 0.2) is 42.5 Å². The quantitative estimate of drug-likeness (QED) is 0.897. The van der Waals surface area contributed by atoms with Gasteiger partial charge in [-0.15, -0.1) is 0 Å². The second kappa shape index (κ2) is 5.89. The van der Waals surface area contributed by atoms with Crippen molar-refractivity contribution in [2.45, 2.75) is 6.92 Å². The molecule has 0 saturated carbocycles. The molecular formula is C16H14N2O2. The number of phenolic OH excluding ortho intramolecular Hbond substituents is 1. The molecule has 2 aromatic rings. The normalized spacial score (nSPS) is 9.80. The zero-order chi connectivity index (χ0) is 14.5. The van der Waals surface area contributed by atoms with E-state index in [2.05, 4.69) is 5.32 Å². The van der Waals surface area contributed by atoms with Crippen LogP contribution in [0.4, 0.5) is 0 Å². The highest BCUT2D eigenvalue weighted by Crippen LogP contribution is 2.26. The number of nitrogens with zero attached hydrogens (tertiary/aromatic N) is 1. The van der Waals surface area contributed by atoms with Crippen LogP contribution in [-0.2, 0) is 0 Å². The highest BCUT2D eigenvalue weighted by molar-refractivity contribution is 5.95. The lowest BCUT2D eigenvalue weighted by molar-refractivity contribution is 0.0956. The maximum atomic E-state index is 11.8. The Morgan fingerprint density at radius 1 is 1.25 bits per heavy atom. The van der Waals surface area contributed by atoms with Crippen molar-refractivity contribution in [2.24, 2.45) is 0 Å². The standard InChI is InChI=1S/C16H14N2O2/c1-2-18-16(20)13-5-3-4-12(8-13)14-6-11(10-17)7-15(19)9-14/h3-9,19H,2H2,1H3,(H,18,20). The summed E-state index contributed by atoms with van der Waals surface area (Å²) in [7, 11) is 0. The summed E-state index contributed by atoms with van der Waals surface area (Å²) < 4.78 is 0. The maximum absolute atomic E-state index is 11.8. The van der Waals surface area contributed by atoms with Crippen LogP contribution in [0.3, 0.4) is 0 Å². The second-order valence-electron chi connectivity index (χ2n) is 4.32. The molecule has 2 N–H and O–H groups in total. The fraction of sp³-hybridized carbons (Fsp3) is 0.125. The summed E-state index contributed by atoms with van der Waals surface area (Å²) in [5, 5.41) is 21.3. The molecule has 1 amide bonds. The first kappa shape index (κ1) is 13.6. The largest absolute Gasteiger partial charge is 0.508 e. The number of hydrogen-bond donors (Lipinski definition) is 2. The van der Waals surface area contributed by atoms with Crippen molar-refractivity contribution in [3.05, 3.63) is 53.6 Å². The summed E-state index contributed by atoms with van der Waals surface area (Å²) in [6.45, 7) is 2.42. The first-order valence-electron chi connectivity index (χ1n) is 6.27. The van der Waals surface area contributed by atoms with Gasteiger partial charge < -0.3 is 10.4 Å². The smallest absolute Gasteiger partial charge is 0.251 e. The number of amides is 1. The van der Waals surface area contributed by atoms with E-state index in [-0.39, 0.29) is 11.7 Å². The van der Waals surface area contributed by atoms with Crippen molar-refractivity contribution < 1.29 is 9.90 Å². The zero-order valence-electron chi connectivity index (χ0n) is 11.1. The number of rotatable bonds is 3. The van der Waals surface area contributed by atoms with Gasteiger partial charge in [0, 0.05) is 12.1 Å². The number of nitriles is 1. The number of phenols is 1. The monoisotopic (exact) mass is 266 g/mol. The third kappa shape index (κ3) is 2.96. The number of benzene rings is 2. The molecule has 0 unspecified atom stereocenters. The van der Waals surface area contributed by atoms with Crippen molar-refractivity contribution in [2.75, 3.05) is 6.54 Å². The van der Waals surface area contributed by atoms with E-state index in [9.17, 15) is 9.90 Å². The molecule has 0 spiro atoms. The maximum Gasteiger partial charge on any atom is 0.251 e. The van der Waals surface area contributed by atoms with Crippen molar-refractivity contribution in [3.63, 3.8) is 0 Å². The van der Waals surface area contributed by atoms with Gasteiger partial charge in [-0.3, -0.25) is 4.79 Å². The van der Waals surface area contributed by atoms with E-state index in [4.69, 9.17) is 5.26 Å². The molecule has 4 heteroatoms. The van der Waals surface area contributed by atoms with Gasteiger partial charge in [0.25, 0.3) is 5.91 Å². The lowest BCUT2D eigenvalue weighted by Crippen LogP contribution is -2.22. The summed E-state index contributed by atoms with van der Waals surface area (Å²) >= 11 is 0. The molecule has 0 saturated heterocycles. The molecule has 0 heterocycles. The molecule has 0 aliphatic heterocycles. The minimum atomic E-state index is -0.144. The van der Waals surface area contributed by atoms with Crippen LogP contribution in [0, 0.1) is 11.3 Å². The Morgan fingerprint density at radius 2 is 2.05 bits per heavy atom. The number of carbonyl (C=O) groups is 1. The summed E-state index contributed by atoms with van der Waals surface area (Å²) in [5.41, 5.74) is 2.41. The van der Waals surface area contributed by atoms with Crippen LogP contribution in [-0.4, -0.2) is 17.6 Å². The second-order valence-corrected chi connectivity index (χ2v) is 4.32. The SMILES string of the molecule is CCNC(=O)c1cccc(-c2cc(O)cc(C#N)c2)c1. The van der Waals surface area contributed by atoms with E-state index in [1.807, 2.05) is 19.1 Å². The Bertz CT molecular complexity index is 687. The number of aromatic hydroxyl groups is 1. The van der Waals surface area contributed by atoms with E-state index in [1.165, 1.54) is 6.07 Å². The molecule has 2 aromatic carbocycles. The van der Waals surface area contributed by atoms with E-state index in [0.29, 0.717) is 23.2 Å². The number of carbonyl (C=O) groups excluding carboxylic acids is 1. The van der Waals surface area contributed by atoms with E-state index < -0.39 is 0 Å². The minimum absolute atomic E-state index is 0.0301. The van der Waals surface area contributed by atoms with Gasteiger partial charge in [-0.25, -0.2) is 0 Å². The average molecular weight is 266 g/mol. The zero-order valence-corrected chi connectivity index (χ0v) is 11.1. The molecule has 20 heavy (non-hydrogen) atoms. The molecule has 4 nitrogen and oxygen atoms in total. The number of hydrogen-bond acceptors (Lipinski definition) is 3. The van der Waals surface area contributed by atoms with Gasteiger partial charge in [-0.05, 0) is 48.4 Å². The molecular weight excluding hydrogens is 252 g/mol. The first-order valence-corrected chi connectivity index (χ1v) is 6.27. The van der Waals surface area contributed by atoms with Gasteiger partial charge in [-0.1, -0.05) is 12.1 Å². The highest BCUT2D eigenvalue weighted by Gasteiger charge is 2.07. The average Bonchev–Trinajstić information content (AvgIpc) is 2.47. The molecule has 0 fully saturated rings. The van der Waals surface area contributed by atoms with Gasteiger partial charge >= 0.3 is 0 Å². The molecule has 0 radical (unpaired) electrons. The molecule has 0 bridgehead atoms. The molecule has 0 aliphatic carbocycles. The van der Waals surface area contributed by atoms with E-state index in [0.717, 1.165) is 5.56 Å². The van der Waals surface area contributed by atoms with Gasteiger partial charge in [0.2, 0.25) is 0 Å². The fourth-order valence-electron chi connectivity index (χ4n) is 1.95. The van der Waals surface area contributed by atoms with E-state index in [1.54, 1.807) is 30.3 Å². The molecule has 0 aromatic heterocycles. The van der Waals surface area contributed by atoms with Crippen LogP contribution in [0.25, 0.3) is 11.1 Å². The third-order valence-electron chi connectivity index (χ3n) is 2.84. The Morgan fingerprint density at radius 3 is 2.75 bits per heavy atom. The van der Waals surface area contributed by atoms with Gasteiger partial charge in [0.05, 0.1) is 11.6 Å². The lowest BCUT2D eigenvalue weighted by atomic mass is 10.0. The first-order chi connectivity index (χ1) is 9.63. The summed E-state index contributed by atoms with van der Waals surface area (Å²) in [4.78, 5) is 11.8. The third-order valence-corrected chi connectivity index (χ3v) is 2.84. The summed E-state index contributed by atoms with van der Waals surface area (Å²) in [6.07, 6.45) is 0. The Labute approximate surface area is 117 Å². The predicted octanol–water partition coefficient (Wildman–Crippen LogP) is 2.68. The fourth-order valence-corrected chi connectivity index (χ4v) is 1.95. The van der Waals surface area contributed by atoms with Gasteiger partial charge in [0.15, 0.2) is 0 Å². The van der Waals surface area contributed by atoms with Crippen molar-refractivity contribution in [1.29, 1.82) is 5.26 Å². The van der Waals surface area contributed by atoms with Crippen molar-refractivity contribution in [3.8, 4) is 22.9 Å². The highest BCUT2D eigenvalue weighted by atomic mass is 16.3. The minimum Gasteiger partial charge on any atom is -0.508 e. The molecule has 0 aliphatic rings. The van der Waals surface area contributed by atoms with Gasteiger partial charge in [0.1, 0.15) is 5.75 Å². The Hall–Kier alpha value is -2.80. The molecule has 0 atom stereocenters. The Balaban J connectivity index is 2.43.